The van der Waals surface area contributed by atoms with Crippen LogP contribution in [0.25, 0.3) is 0 Å². The number of hydrogen-bond acceptors (Lipinski definition) is 2. The summed E-state index contributed by atoms with van der Waals surface area (Å²) < 4.78 is 28.8. The van der Waals surface area contributed by atoms with Crippen LogP contribution in [0.1, 0.15) is 44.9 Å². The van der Waals surface area contributed by atoms with Gasteiger partial charge < -0.3 is 4.55 Å². The van der Waals surface area contributed by atoms with Crippen molar-refractivity contribution in [2.75, 3.05) is 0 Å². The van der Waals surface area contributed by atoms with Gasteiger partial charge in [-0.1, -0.05) is 25.6 Å². The summed E-state index contributed by atoms with van der Waals surface area (Å²) in [5.74, 6) is 2.83. The van der Waals surface area contributed by atoms with Crippen molar-refractivity contribution in [1.82, 2.24) is 4.72 Å². The Hall–Kier alpha value is -0.803. The number of hydrogen-bond donors (Lipinski definition) is 1. The molecular weight excluding hydrogens is 313 g/mol. The van der Waals surface area contributed by atoms with Crippen LogP contribution in [0.15, 0.2) is 18.2 Å². The molecule has 0 aliphatic rings. The van der Waals surface area contributed by atoms with Crippen molar-refractivity contribution in [3.05, 3.63) is 35.1 Å². The summed E-state index contributed by atoms with van der Waals surface area (Å²) in [6.45, 7) is 14.0. The number of nitrogens with one attached hydrogen (secondary N) is 1. The molecule has 0 saturated carbocycles. The average Bonchev–Trinajstić information content (AvgIpc) is 2.35. The van der Waals surface area contributed by atoms with Gasteiger partial charge in [-0.2, -0.15) is 0 Å². The highest BCUT2D eigenvalue weighted by atomic mass is 32.2. The maximum absolute atomic E-state index is 14.1. The highest BCUT2D eigenvalue weighted by Gasteiger charge is 2.29. The smallest absolute Gasteiger partial charge is 0.136 e. The first-order chi connectivity index (χ1) is 9.90. The topological polar surface area (TPSA) is 35.1 Å². The van der Waals surface area contributed by atoms with Gasteiger partial charge in [0.2, 0.25) is 0 Å². The largest absolute Gasteiger partial charge is 0.598 e. The average molecular weight is 340 g/mol. The third-order valence-corrected chi connectivity index (χ3v) is 5.44. The summed E-state index contributed by atoms with van der Waals surface area (Å²) >= 11 is -1.25. The van der Waals surface area contributed by atoms with E-state index in [2.05, 4.69) is 35.8 Å². The van der Waals surface area contributed by atoms with Crippen LogP contribution in [0.5, 0.6) is 0 Å². The number of benzene rings is 1. The SMILES string of the molecule is CC(N[S@@+]([O-])C(C)(C)C)c1cc(C#C[Si](C)(C)C)ccc1F. The van der Waals surface area contributed by atoms with Crippen LogP contribution in [0.4, 0.5) is 4.39 Å². The lowest BCUT2D eigenvalue weighted by Gasteiger charge is -2.26. The molecule has 2 nitrogen and oxygen atoms in total. The molecule has 2 atom stereocenters. The molecular formula is C17H26FNOSSi. The Bertz CT molecular complexity index is 581. The summed E-state index contributed by atoms with van der Waals surface area (Å²) in [5, 5.41) is 0. The minimum Gasteiger partial charge on any atom is -0.598 e. The van der Waals surface area contributed by atoms with E-state index < -0.39 is 19.4 Å². The van der Waals surface area contributed by atoms with Crippen molar-refractivity contribution in [2.45, 2.75) is 58.1 Å². The summed E-state index contributed by atoms with van der Waals surface area (Å²) in [6, 6.07) is 4.54. The molecule has 1 aromatic carbocycles. The second kappa shape index (κ2) is 7.18. The summed E-state index contributed by atoms with van der Waals surface area (Å²) in [7, 11) is -1.47. The normalized spacial score (nSPS) is 15.0. The first kappa shape index (κ1) is 19.2. The summed E-state index contributed by atoms with van der Waals surface area (Å²) in [6.07, 6.45) is 0. The van der Waals surface area contributed by atoms with Crippen molar-refractivity contribution in [2.24, 2.45) is 0 Å². The van der Waals surface area contributed by atoms with Crippen molar-refractivity contribution in [1.29, 1.82) is 0 Å². The molecule has 0 amide bonds. The van der Waals surface area contributed by atoms with E-state index in [1.807, 2.05) is 27.7 Å². The van der Waals surface area contributed by atoms with E-state index in [0.29, 0.717) is 5.56 Å². The monoisotopic (exact) mass is 339 g/mol. The molecule has 0 saturated heterocycles. The molecule has 1 aromatic rings. The third-order valence-electron chi connectivity index (χ3n) is 2.88. The molecule has 1 unspecified atom stereocenters. The minimum absolute atomic E-state index is 0.301. The summed E-state index contributed by atoms with van der Waals surface area (Å²) in [4.78, 5) is 0. The van der Waals surface area contributed by atoms with Gasteiger partial charge in [0, 0.05) is 22.5 Å². The van der Waals surface area contributed by atoms with Crippen LogP contribution in [-0.4, -0.2) is 17.4 Å². The predicted octanol–water partition coefficient (Wildman–Crippen LogP) is 4.17. The lowest BCUT2D eigenvalue weighted by atomic mass is 10.1. The van der Waals surface area contributed by atoms with E-state index in [1.54, 1.807) is 12.1 Å². The molecule has 122 valence electrons. The van der Waals surface area contributed by atoms with Crippen molar-refractivity contribution in [3.63, 3.8) is 0 Å². The zero-order chi connectivity index (χ0) is 17.1. The van der Waals surface area contributed by atoms with Gasteiger partial charge in [0.05, 0.1) is 6.04 Å². The fraction of sp³-hybridized carbons (Fsp3) is 0.529. The second-order valence-electron chi connectivity index (χ2n) is 7.46. The van der Waals surface area contributed by atoms with Crippen molar-refractivity contribution < 1.29 is 8.94 Å². The highest BCUT2D eigenvalue weighted by Crippen LogP contribution is 2.22. The van der Waals surface area contributed by atoms with Gasteiger partial charge in [-0.25, -0.2) is 4.39 Å². The molecule has 0 spiro atoms. The lowest BCUT2D eigenvalue weighted by molar-refractivity contribution is 0.522. The predicted molar refractivity (Wildman–Crippen MR) is 96.1 cm³/mol. The molecule has 1 rings (SSSR count). The van der Waals surface area contributed by atoms with Gasteiger partial charge in [-0.3, -0.25) is 0 Å². The zero-order valence-electron chi connectivity index (χ0n) is 14.5. The van der Waals surface area contributed by atoms with Crippen LogP contribution >= 0.6 is 0 Å². The maximum atomic E-state index is 14.1. The van der Waals surface area contributed by atoms with Crippen LogP contribution in [0, 0.1) is 17.3 Å². The number of rotatable bonds is 3. The van der Waals surface area contributed by atoms with Gasteiger partial charge in [-0.05, 0) is 45.9 Å². The molecule has 0 radical (unpaired) electrons. The Morgan fingerprint density at radius 2 is 1.86 bits per heavy atom. The van der Waals surface area contributed by atoms with E-state index in [4.69, 9.17) is 0 Å². The Balaban J connectivity index is 3.01. The second-order valence-corrected chi connectivity index (χ2v) is 14.2. The molecule has 0 fully saturated rings. The van der Waals surface area contributed by atoms with E-state index in [-0.39, 0.29) is 16.6 Å². The van der Waals surface area contributed by atoms with Gasteiger partial charge in [-0.15, -0.1) is 10.3 Å². The fourth-order valence-corrected chi connectivity index (χ4v) is 2.93. The lowest BCUT2D eigenvalue weighted by Crippen LogP contribution is -2.40. The molecule has 22 heavy (non-hydrogen) atoms. The third kappa shape index (κ3) is 6.13. The Labute approximate surface area is 138 Å². The standard InChI is InChI=1S/C17H26FNOSSi/c1-13(19-21(20)17(2,3)4)15-12-14(8-9-16(15)18)10-11-22(5,6)7/h8-9,12-13,19H,1-7H3/t13?,21-/m0/s1. The molecule has 1 N–H and O–H groups in total. The van der Waals surface area contributed by atoms with E-state index in [9.17, 15) is 8.94 Å². The molecule has 0 bridgehead atoms. The number of halogens is 1. The molecule has 5 heteroatoms. The van der Waals surface area contributed by atoms with E-state index in [1.165, 1.54) is 6.07 Å². The highest BCUT2D eigenvalue weighted by molar-refractivity contribution is 7.90. The Morgan fingerprint density at radius 1 is 1.27 bits per heavy atom. The quantitative estimate of drug-likeness (QED) is 0.510. The van der Waals surface area contributed by atoms with Crippen molar-refractivity contribution in [3.8, 4) is 11.5 Å². The maximum Gasteiger partial charge on any atom is 0.136 e. The van der Waals surface area contributed by atoms with Gasteiger partial charge in [0.1, 0.15) is 18.6 Å². The summed E-state index contributed by atoms with van der Waals surface area (Å²) in [5.41, 5.74) is 4.57. The zero-order valence-corrected chi connectivity index (χ0v) is 16.3. The molecule has 0 aliphatic carbocycles. The van der Waals surface area contributed by atoms with Crippen LogP contribution < -0.4 is 4.72 Å². The van der Waals surface area contributed by atoms with Crippen LogP contribution in [0.2, 0.25) is 19.6 Å². The van der Waals surface area contributed by atoms with Gasteiger partial charge >= 0.3 is 0 Å². The molecule has 0 aliphatic heterocycles. The van der Waals surface area contributed by atoms with Gasteiger partial charge in [0.15, 0.2) is 0 Å². The van der Waals surface area contributed by atoms with E-state index >= 15 is 0 Å². The fourth-order valence-electron chi connectivity index (χ4n) is 1.61. The van der Waals surface area contributed by atoms with E-state index in [0.717, 1.165) is 5.56 Å². The van der Waals surface area contributed by atoms with Gasteiger partial charge in [0.25, 0.3) is 0 Å². The van der Waals surface area contributed by atoms with Crippen LogP contribution in [0.3, 0.4) is 0 Å². The first-order valence-corrected chi connectivity index (χ1v) is 12.1. The first-order valence-electron chi connectivity index (χ1n) is 7.41. The van der Waals surface area contributed by atoms with Crippen molar-refractivity contribution >= 4 is 19.4 Å². The molecule has 0 heterocycles. The Kier molecular flexibility index (Phi) is 6.28. The van der Waals surface area contributed by atoms with Crippen LogP contribution in [-0.2, 0) is 11.4 Å². The molecule has 0 aromatic heterocycles. The minimum atomic E-state index is -1.47. The Morgan fingerprint density at radius 3 is 2.36 bits per heavy atom.